The van der Waals surface area contributed by atoms with Crippen molar-refractivity contribution in [2.24, 2.45) is 9.98 Å². The summed E-state index contributed by atoms with van der Waals surface area (Å²) in [5.74, 6) is 0. The van der Waals surface area contributed by atoms with E-state index in [1.54, 1.807) is 12.4 Å². The molecule has 0 saturated heterocycles. The average molecular weight is 540 g/mol. The molecule has 0 bridgehead atoms. The van der Waals surface area contributed by atoms with Gasteiger partial charge in [0.2, 0.25) is 0 Å². The molecule has 0 N–H and O–H groups in total. The summed E-state index contributed by atoms with van der Waals surface area (Å²) < 4.78 is 0. The van der Waals surface area contributed by atoms with Crippen LogP contribution in [0.5, 0.6) is 0 Å². The normalized spacial score (nSPS) is 10.2. The maximum Gasteiger partial charge on any atom is -0.147 e. The van der Waals surface area contributed by atoms with Crippen LogP contribution in [0.2, 0.25) is 15.4 Å². The van der Waals surface area contributed by atoms with Crippen molar-refractivity contribution in [3.8, 4) is 0 Å². The first-order valence-electron chi connectivity index (χ1n) is 9.01. The number of para-hydroxylation sites is 2. The van der Waals surface area contributed by atoms with Crippen LogP contribution in [-0.4, -0.2) is 17.4 Å². The second-order valence-electron chi connectivity index (χ2n) is 6.14. The van der Waals surface area contributed by atoms with E-state index in [0.29, 0.717) is 15.4 Å². The summed E-state index contributed by atoms with van der Waals surface area (Å²) in [6, 6.07) is 15.5. The Morgan fingerprint density at radius 2 is 1.39 bits per heavy atom. The fourth-order valence-electron chi connectivity index (χ4n) is 2.46. The van der Waals surface area contributed by atoms with E-state index in [-0.39, 0.29) is 24.8 Å². The molecule has 0 amide bonds. The summed E-state index contributed by atoms with van der Waals surface area (Å²) in [6.07, 6.45) is 7.99. The molecule has 0 aliphatic carbocycles. The topological polar surface area (TPSA) is 37.6 Å². The van der Waals surface area contributed by atoms with Gasteiger partial charge in [-0.25, -0.2) is 0 Å². The monoisotopic (exact) mass is 538 g/mol. The zero-order valence-corrected chi connectivity index (χ0v) is 21.4. The van der Waals surface area contributed by atoms with Crippen molar-refractivity contribution in [3.63, 3.8) is 0 Å². The third-order valence-corrected chi connectivity index (χ3v) is 4.74. The predicted molar refractivity (Wildman–Crippen MR) is 136 cm³/mol. The van der Waals surface area contributed by atoms with E-state index in [4.69, 9.17) is 23.2 Å². The molecular weight excluding hydrogens is 516 g/mol. The molecule has 0 radical (unpaired) electrons. The summed E-state index contributed by atoms with van der Waals surface area (Å²) >= 11 is 15.7. The molecule has 1 heterocycles. The van der Waals surface area contributed by atoms with E-state index >= 15 is 0 Å². The van der Waals surface area contributed by atoms with Crippen molar-refractivity contribution in [3.05, 3.63) is 87.7 Å². The quantitative estimate of drug-likeness (QED) is 0.238. The second-order valence-corrected chi connectivity index (χ2v) is 7.41. The molecule has 3 aromatic rings. The van der Waals surface area contributed by atoms with E-state index in [2.05, 4.69) is 31.0 Å². The van der Waals surface area contributed by atoms with Gasteiger partial charge in [0.1, 0.15) is 0 Å². The summed E-state index contributed by atoms with van der Waals surface area (Å²) in [7, 11) is 0. The van der Waals surface area contributed by atoms with E-state index in [1.807, 2.05) is 74.8 Å². The molecule has 3 rings (SSSR count). The minimum absolute atomic E-state index is 0. The van der Waals surface area contributed by atoms with Crippen LogP contribution in [0.25, 0.3) is 0 Å². The molecule has 8 heteroatoms. The number of aromatic nitrogens is 1. The van der Waals surface area contributed by atoms with Gasteiger partial charge in [-0.3, -0.25) is 9.98 Å². The van der Waals surface area contributed by atoms with Crippen LogP contribution in [0.3, 0.4) is 0 Å². The fraction of sp³-hybridized carbons (Fsp3) is 0.174. The third kappa shape index (κ3) is 10.2. The Bertz CT molecular complexity index is 939. The van der Waals surface area contributed by atoms with Gasteiger partial charge in [0.15, 0.2) is 0 Å². The number of benzene rings is 2. The zero-order valence-electron chi connectivity index (χ0n) is 17.1. The Morgan fingerprint density at radius 1 is 0.839 bits per heavy atom. The Morgan fingerprint density at radius 3 is 1.84 bits per heavy atom. The van der Waals surface area contributed by atoms with Crippen molar-refractivity contribution in [1.82, 2.24) is 4.98 Å². The van der Waals surface area contributed by atoms with Crippen LogP contribution >= 0.6 is 48.0 Å². The van der Waals surface area contributed by atoms with Gasteiger partial charge >= 0.3 is 85.5 Å². The molecule has 0 spiro atoms. The number of aliphatic imine (C=N–C) groups is 2. The first-order chi connectivity index (χ1) is 14.0. The van der Waals surface area contributed by atoms with E-state index < -0.39 is 0 Å². The van der Waals surface area contributed by atoms with Gasteiger partial charge in [-0.1, -0.05) is 29.8 Å². The zero-order chi connectivity index (χ0) is 21.1. The first kappa shape index (κ1) is 29.6. The Kier molecular flexibility index (Phi) is 15.5. The number of nitrogens with zero attached hydrogens (tertiary/aromatic N) is 3. The van der Waals surface area contributed by atoms with E-state index in [9.17, 15) is 0 Å². The maximum atomic E-state index is 6.09. The van der Waals surface area contributed by atoms with Gasteiger partial charge < -0.3 is 0 Å². The van der Waals surface area contributed by atoms with E-state index in [1.165, 1.54) is 0 Å². The van der Waals surface area contributed by atoms with Crippen LogP contribution in [0.15, 0.2) is 70.9 Å². The van der Waals surface area contributed by atoms with Crippen LogP contribution in [0.4, 0.5) is 11.4 Å². The molecule has 2 aromatic carbocycles. The minimum Gasteiger partial charge on any atom is -0.147 e. The third-order valence-electron chi connectivity index (χ3n) is 3.93. The predicted octanol–water partition coefficient (Wildman–Crippen LogP) is 8.15. The van der Waals surface area contributed by atoms with Crippen molar-refractivity contribution >= 4 is 71.8 Å². The number of halogens is 4. The van der Waals surface area contributed by atoms with Gasteiger partial charge in [0, 0.05) is 25.0 Å². The smallest absolute Gasteiger partial charge is 0.147 e. The van der Waals surface area contributed by atoms with Crippen molar-refractivity contribution in [2.45, 2.75) is 25.6 Å². The van der Waals surface area contributed by atoms with Gasteiger partial charge in [0.05, 0.1) is 10.7 Å². The fourth-order valence-corrected chi connectivity index (χ4v) is 3.10. The minimum atomic E-state index is 0. The molecule has 0 aliphatic heterocycles. The number of aryl methyl sites for hydroxylation is 2. The average Bonchev–Trinajstić information content (AvgIpc) is 2.71. The van der Waals surface area contributed by atoms with Crippen molar-refractivity contribution in [1.29, 1.82) is 0 Å². The molecule has 0 saturated carbocycles. The number of rotatable bonds is 5. The van der Waals surface area contributed by atoms with Gasteiger partial charge in [-0.05, 0) is 30.2 Å². The molecule has 0 fully saturated rings. The molecule has 31 heavy (non-hydrogen) atoms. The van der Waals surface area contributed by atoms with Crippen LogP contribution in [0, 0.1) is 13.8 Å². The van der Waals surface area contributed by atoms with Gasteiger partial charge in [0.25, 0.3) is 0 Å². The molecule has 167 valence electrons. The number of pyridine rings is 1. The number of hydrogen-bond donors (Lipinski definition) is 0. The maximum absolute atomic E-state index is 6.09. The number of hydrogen-bond acceptors (Lipinski definition) is 3. The SMILES string of the molecule is Cc1cccc(Cl)c1N=CCc1cccnc1.Cc1cccc(Cl)c1N=C[CH2][Fe].Cl.Cl. The molecule has 0 atom stereocenters. The Hall–Kier alpha value is -1.39. The van der Waals surface area contributed by atoms with Gasteiger partial charge in [-0.15, -0.1) is 24.8 Å². The van der Waals surface area contributed by atoms with Crippen molar-refractivity contribution < 1.29 is 16.0 Å². The van der Waals surface area contributed by atoms with E-state index in [0.717, 1.165) is 34.5 Å². The van der Waals surface area contributed by atoms with Crippen LogP contribution in [-0.2, 0) is 22.4 Å². The van der Waals surface area contributed by atoms with Crippen LogP contribution < -0.4 is 0 Å². The molecule has 1 aromatic heterocycles. The molecule has 3 nitrogen and oxygen atoms in total. The largest absolute Gasteiger partial charge is 0.147 e. The summed E-state index contributed by atoms with van der Waals surface area (Å²) in [4.78, 5) is 12.7. The van der Waals surface area contributed by atoms with Crippen LogP contribution in [0.1, 0.15) is 16.7 Å². The first-order valence-corrected chi connectivity index (χ1v) is 10.5. The summed E-state index contributed by atoms with van der Waals surface area (Å²) in [5, 5.41) is 2.07. The molecule has 0 unspecified atom stereocenters. The molecular formula is C23H24Cl4FeN3. The standard InChI is InChI=1S/C14H13ClN2.C9H9ClN.2ClH.Fe/c1-11-4-2-6-13(15)14(11)17-9-7-12-5-3-8-16-10-12;1-3-11-9-7(2)5-4-6-8(9)10;;;/h2-6,8-10H,7H2,1H3;3-6H,1H2,2H3;2*1H;. The van der Waals surface area contributed by atoms with Crippen molar-refractivity contribution in [2.75, 3.05) is 0 Å². The van der Waals surface area contributed by atoms with Gasteiger partial charge in [-0.2, -0.15) is 0 Å². The summed E-state index contributed by atoms with van der Waals surface area (Å²) in [5.41, 5.74) is 5.01. The summed E-state index contributed by atoms with van der Waals surface area (Å²) in [6.45, 7) is 3.99. The Balaban J connectivity index is 0.000000575. The molecule has 0 aliphatic rings. The second kappa shape index (κ2) is 16.3. The Labute approximate surface area is 215 Å².